The molecule has 0 aliphatic heterocycles. The molecule has 9 heteroatoms. The molecule has 0 saturated heterocycles. The summed E-state index contributed by atoms with van der Waals surface area (Å²) in [4.78, 5) is 46.1. The molecule has 0 bridgehead atoms. The average molecular weight is 381 g/mol. The Labute approximate surface area is 158 Å². The number of nitro groups is 2. The number of non-ortho nitro benzene ring substituents is 2. The van der Waals surface area contributed by atoms with E-state index in [1.807, 2.05) is 6.92 Å². The highest BCUT2D eigenvalue weighted by atomic mass is 16.6. The molecule has 28 heavy (non-hydrogen) atoms. The molecule has 0 amide bonds. The number of aromatic nitrogens is 1. The highest BCUT2D eigenvalue weighted by Gasteiger charge is 2.24. The average Bonchev–Trinajstić information content (AvgIpc) is 2.65. The second-order valence-corrected chi connectivity index (χ2v) is 6.41. The van der Waals surface area contributed by atoms with Gasteiger partial charge < -0.3 is 4.57 Å². The van der Waals surface area contributed by atoms with Gasteiger partial charge >= 0.3 is 0 Å². The summed E-state index contributed by atoms with van der Waals surface area (Å²) in [7, 11) is 1.34. The Morgan fingerprint density at radius 1 is 1.04 bits per heavy atom. The van der Waals surface area contributed by atoms with Crippen LogP contribution in [0.25, 0.3) is 10.9 Å². The number of pyridine rings is 1. The van der Waals surface area contributed by atoms with Gasteiger partial charge in [-0.15, -0.1) is 0 Å². The summed E-state index contributed by atoms with van der Waals surface area (Å²) >= 11 is 0. The standard InChI is InChI=1S/C19H15N3O6/c1-11-3-5-12(6-4-11)17(23)7-13-8-18(24)20(2)19-15(13)9-14(21(25)26)10-16(19)22(27)28/h3-6,8-10H,7H2,1-2H3. The zero-order valence-electron chi connectivity index (χ0n) is 15.0. The summed E-state index contributed by atoms with van der Waals surface area (Å²) in [6, 6.07) is 9.97. The van der Waals surface area contributed by atoms with Crippen LogP contribution in [0.2, 0.25) is 0 Å². The molecule has 0 aliphatic carbocycles. The molecule has 3 aromatic rings. The molecule has 3 rings (SSSR count). The van der Waals surface area contributed by atoms with E-state index in [4.69, 9.17) is 0 Å². The van der Waals surface area contributed by atoms with Crippen LogP contribution in [0.5, 0.6) is 0 Å². The number of nitrogens with zero attached hydrogens (tertiary/aromatic N) is 3. The first kappa shape index (κ1) is 18.9. The Morgan fingerprint density at radius 2 is 1.68 bits per heavy atom. The predicted molar refractivity (Wildman–Crippen MR) is 102 cm³/mol. The van der Waals surface area contributed by atoms with Gasteiger partial charge in [-0.1, -0.05) is 29.8 Å². The molecule has 9 nitrogen and oxygen atoms in total. The van der Waals surface area contributed by atoms with Crippen LogP contribution >= 0.6 is 0 Å². The first-order chi connectivity index (χ1) is 13.2. The molecule has 2 aromatic carbocycles. The lowest BCUT2D eigenvalue weighted by Crippen LogP contribution is -2.19. The van der Waals surface area contributed by atoms with Crippen molar-refractivity contribution in [3.05, 3.63) is 89.7 Å². The maximum absolute atomic E-state index is 12.6. The summed E-state index contributed by atoms with van der Waals surface area (Å²) in [6.45, 7) is 1.88. The van der Waals surface area contributed by atoms with E-state index in [1.165, 1.54) is 13.1 Å². The van der Waals surface area contributed by atoms with Crippen molar-refractivity contribution in [2.24, 2.45) is 7.05 Å². The van der Waals surface area contributed by atoms with E-state index in [2.05, 4.69) is 0 Å². The zero-order chi connectivity index (χ0) is 20.6. The van der Waals surface area contributed by atoms with E-state index < -0.39 is 26.8 Å². The van der Waals surface area contributed by atoms with Crippen molar-refractivity contribution in [3.63, 3.8) is 0 Å². The van der Waals surface area contributed by atoms with Crippen molar-refractivity contribution in [1.29, 1.82) is 0 Å². The minimum absolute atomic E-state index is 0.0604. The molecule has 0 spiro atoms. The number of aryl methyl sites for hydroxylation is 2. The number of hydrogen-bond donors (Lipinski definition) is 0. The summed E-state index contributed by atoms with van der Waals surface area (Å²) in [5.41, 5.74) is -0.0575. The minimum atomic E-state index is -0.777. The number of nitro benzene ring substituents is 2. The largest absolute Gasteiger partial charge is 0.305 e. The maximum atomic E-state index is 12.6. The van der Waals surface area contributed by atoms with Crippen molar-refractivity contribution in [2.75, 3.05) is 0 Å². The molecule has 0 radical (unpaired) electrons. The summed E-state index contributed by atoms with van der Waals surface area (Å²) in [6.07, 6.45) is -0.214. The number of hydrogen-bond acceptors (Lipinski definition) is 6. The number of carbonyl (C=O) groups is 1. The lowest BCUT2D eigenvalue weighted by molar-refractivity contribution is -0.393. The molecule has 1 heterocycles. The fraction of sp³-hybridized carbons (Fsp3) is 0.158. The van der Waals surface area contributed by atoms with Crippen LogP contribution < -0.4 is 5.56 Å². The fourth-order valence-electron chi connectivity index (χ4n) is 3.04. The monoisotopic (exact) mass is 381 g/mol. The second-order valence-electron chi connectivity index (χ2n) is 6.41. The predicted octanol–water partition coefficient (Wildman–Crippen LogP) is 3.09. The first-order valence-corrected chi connectivity index (χ1v) is 8.24. The zero-order valence-corrected chi connectivity index (χ0v) is 15.0. The Morgan fingerprint density at radius 3 is 2.25 bits per heavy atom. The topological polar surface area (TPSA) is 125 Å². The number of ketones is 1. The summed E-state index contributed by atoms with van der Waals surface area (Å²) < 4.78 is 1.05. The molecular weight excluding hydrogens is 366 g/mol. The van der Waals surface area contributed by atoms with Crippen LogP contribution in [-0.4, -0.2) is 20.2 Å². The molecule has 1 aromatic heterocycles. The van der Waals surface area contributed by atoms with E-state index in [0.717, 1.165) is 22.3 Å². The molecule has 0 aliphatic rings. The third-order valence-electron chi connectivity index (χ3n) is 4.52. The van der Waals surface area contributed by atoms with Gasteiger partial charge in [0.1, 0.15) is 5.52 Å². The highest BCUT2D eigenvalue weighted by Crippen LogP contribution is 2.32. The van der Waals surface area contributed by atoms with Crippen molar-refractivity contribution in [2.45, 2.75) is 13.3 Å². The van der Waals surface area contributed by atoms with Gasteiger partial charge in [0.25, 0.3) is 16.9 Å². The Balaban J connectivity index is 2.24. The summed E-state index contributed by atoms with van der Waals surface area (Å²) in [5, 5.41) is 22.8. The van der Waals surface area contributed by atoms with Gasteiger partial charge in [0.2, 0.25) is 0 Å². The van der Waals surface area contributed by atoms with Crippen molar-refractivity contribution >= 4 is 28.1 Å². The molecule has 0 saturated carbocycles. The number of fused-ring (bicyclic) bond motifs is 1. The molecular formula is C19H15N3O6. The first-order valence-electron chi connectivity index (χ1n) is 8.24. The van der Waals surface area contributed by atoms with Crippen LogP contribution in [-0.2, 0) is 13.5 Å². The van der Waals surface area contributed by atoms with E-state index in [0.29, 0.717) is 5.56 Å². The van der Waals surface area contributed by atoms with Crippen molar-refractivity contribution in [1.82, 2.24) is 4.57 Å². The lowest BCUT2D eigenvalue weighted by Gasteiger charge is -2.10. The number of carbonyl (C=O) groups excluding carboxylic acids is 1. The number of benzene rings is 2. The molecule has 0 N–H and O–H groups in total. The van der Waals surface area contributed by atoms with Crippen LogP contribution in [0.1, 0.15) is 21.5 Å². The number of Topliss-reactive ketones (excluding diaryl/α,β-unsaturated/α-hetero) is 1. The van der Waals surface area contributed by atoms with Crippen molar-refractivity contribution in [3.8, 4) is 0 Å². The van der Waals surface area contributed by atoms with Crippen LogP contribution in [0.4, 0.5) is 11.4 Å². The lowest BCUT2D eigenvalue weighted by atomic mass is 9.98. The molecule has 0 unspecified atom stereocenters. The van der Waals surface area contributed by atoms with Crippen LogP contribution in [0, 0.1) is 27.2 Å². The van der Waals surface area contributed by atoms with Crippen molar-refractivity contribution < 1.29 is 14.6 Å². The third kappa shape index (κ3) is 3.37. The van der Waals surface area contributed by atoms with E-state index in [-0.39, 0.29) is 28.7 Å². The molecule has 142 valence electrons. The SMILES string of the molecule is Cc1ccc(C(=O)Cc2cc(=O)n(C)c3c([N+](=O)[O-])cc([N+](=O)[O-])cc23)cc1. The van der Waals surface area contributed by atoms with Gasteiger partial charge in [-0.25, -0.2) is 0 Å². The second kappa shape index (κ2) is 7.03. The van der Waals surface area contributed by atoms with Gasteiger partial charge in [0.05, 0.1) is 15.9 Å². The quantitative estimate of drug-likeness (QED) is 0.380. The van der Waals surface area contributed by atoms with Gasteiger partial charge in [-0.3, -0.25) is 29.8 Å². The Bertz CT molecular complexity index is 1190. The fourth-order valence-corrected chi connectivity index (χ4v) is 3.04. The highest BCUT2D eigenvalue weighted by molar-refractivity contribution is 6.01. The van der Waals surface area contributed by atoms with Gasteiger partial charge in [0.15, 0.2) is 5.78 Å². The van der Waals surface area contributed by atoms with Gasteiger partial charge in [-0.05, 0) is 12.5 Å². The van der Waals surface area contributed by atoms with Gasteiger partial charge in [-0.2, -0.15) is 0 Å². The smallest absolute Gasteiger partial charge is 0.300 e. The Hall–Kier alpha value is -3.88. The van der Waals surface area contributed by atoms with Crippen LogP contribution in [0.15, 0.2) is 47.3 Å². The van der Waals surface area contributed by atoms with E-state index in [9.17, 15) is 29.8 Å². The molecule has 0 atom stereocenters. The van der Waals surface area contributed by atoms with E-state index >= 15 is 0 Å². The normalized spacial score (nSPS) is 10.8. The third-order valence-corrected chi connectivity index (χ3v) is 4.52. The number of rotatable bonds is 5. The summed E-state index contributed by atoms with van der Waals surface area (Å²) in [5.74, 6) is -0.302. The maximum Gasteiger partial charge on any atom is 0.300 e. The van der Waals surface area contributed by atoms with Gasteiger partial charge in [0, 0.05) is 36.6 Å². The van der Waals surface area contributed by atoms with Crippen LogP contribution in [0.3, 0.4) is 0 Å². The van der Waals surface area contributed by atoms with E-state index in [1.54, 1.807) is 24.3 Å². The minimum Gasteiger partial charge on any atom is -0.305 e. The Kier molecular flexibility index (Phi) is 4.74. The molecule has 0 fully saturated rings.